The van der Waals surface area contributed by atoms with E-state index in [0.717, 1.165) is 5.69 Å². The highest BCUT2D eigenvalue weighted by Crippen LogP contribution is 2.14. The molecule has 2 N–H and O–H groups in total. The highest BCUT2D eigenvalue weighted by atomic mass is 16.5. The van der Waals surface area contributed by atoms with Gasteiger partial charge in [-0.15, -0.1) is 0 Å². The van der Waals surface area contributed by atoms with Gasteiger partial charge in [-0.2, -0.15) is 0 Å². The van der Waals surface area contributed by atoms with E-state index >= 15 is 0 Å². The van der Waals surface area contributed by atoms with Crippen molar-refractivity contribution < 1.29 is 9.84 Å². The number of hydrogen-bond donors (Lipinski definition) is 2. The molecule has 1 aromatic carbocycles. The van der Waals surface area contributed by atoms with Gasteiger partial charge in [-0.3, -0.25) is 0 Å². The zero-order chi connectivity index (χ0) is 12.0. The van der Waals surface area contributed by atoms with Crippen LogP contribution in [0.15, 0.2) is 24.3 Å². The Labute approximate surface area is 97.4 Å². The molecule has 0 fully saturated rings. The molecule has 16 heavy (non-hydrogen) atoms. The van der Waals surface area contributed by atoms with Crippen molar-refractivity contribution in [1.82, 2.24) is 0 Å². The number of benzene rings is 1. The molecule has 0 aliphatic rings. The summed E-state index contributed by atoms with van der Waals surface area (Å²) in [5.41, 5.74) is 2.27. The number of hydrogen-bond acceptors (Lipinski definition) is 3. The molecule has 3 nitrogen and oxygen atoms in total. The first-order chi connectivity index (χ1) is 7.67. The number of aryl methyl sites for hydroxylation is 1. The normalized spacial score (nSPS) is 14.5. The summed E-state index contributed by atoms with van der Waals surface area (Å²) in [7, 11) is 1.68. The fourth-order valence-corrected chi connectivity index (χ4v) is 1.61. The summed E-state index contributed by atoms with van der Waals surface area (Å²) >= 11 is 0. The van der Waals surface area contributed by atoms with Crippen molar-refractivity contribution in [3.63, 3.8) is 0 Å². The third-order valence-electron chi connectivity index (χ3n) is 2.72. The van der Waals surface area contributed by atoms with Crippen molar-refractivity contribution in [1.29, 1.82) is 0 Å². The molecular formula is C13H21NO2. The van der Waals surface area contributed by atoms with E-state index in [4.69, 9.17) is 4.74 Å². The maximum absolute atomic E-state index is 9.32. The van der Waals surface area contributed by atoms with Crippen molar-refractivity contribution in [3.05, 3.63) is 29.8 Å². The van der Waals surface area contributed by atoms with Gasteiger partial charge in [-0.1, -0.05) is 24.6 Å². The van der Waals surface area contributed by atoms with Gasteiger partial charge < -0.3 is 15.2 Å². The largest absolute Gasteiger partial charge is 0.394 e. The molecule has 0 amide bonds. The first-order valence-corrected chi connectivity index (χ1v) is 5.60. The molecule has 3 heteroatoms. The number of nitrogens with one attached hydrogen (secondary N) is 1. The van der Waals surface area contributed by atoms with Crippen LogP contribution >= 0.6 is 0 Å². The maximum atomic E-state index is 9.32. The first kappa shape index (κ1) is 13.0. The smallest absolute Gasteiger partial charge is 0.0636 e. The van der Waals surface area contributed by atoms with Crippen LogP contribution in [0.4, 0.5) is 5.69 Å². The average molecular weight is 223 g/mol. The number of methoxy groups -OCH3 is 1. The molecule has 90 valence electrons. The molecule has 0 saturated heterocycles. The number of aliphatic hydroxyl groups is 1. The third kappa shape index (κ3) is 3.83. The van der Waals surface area contributed by atoms with E-state index in [0.29, 0.717) is 6.61 Å². The Kier molecular flexibility index (Phi) is 5.29. The summed E-state index contributed by atoms with van der Waals surface area (Å²) in [6.45, 7) is 4.87. The maximum Gasteiger partial charge on any atom is 0.0636 e. The second-order valence-electron chi connectivity index (χ2n) is 4.23. The molecule has 1 aromatic rings. The summed E-state index contributed by atoms with van der Waals surface area (Å²) in [5.74, 6) is 0.274. The molecule has 0 spiro atoms. The lowest BCUT2D eigenvalue weighted by Gasteiger charge is -2.23. The van der Waals surface area contributed by atoms with Gasteiger partial charge in [0.05, 0.1) is 19.3 Å². The molecule has 2 unspecified atom stereocenters. The fourth-order valence-electron chi connectivity index (χ4n) is 1.61. The lowest BCUT2D eigenvalue weighted by Crippen LogP contribution is -2.33. The van der Waals surface area contributed by atoms with E-state index in [1.807, 2.05) is 12.1 Å². The Morgan fingerprint density at radius 3 is 2.44 bits per heavy atom. The monoisotopic (exact) mass is 223 g/mol. The van der Waals surface area contributed by atoms with Crippen LogP contribution in [0.1, 0.15) is 12.5 Å². The predicted octanol–water partition coefficient (Wildman–Crippen LogP) is 2.05. The minimum Gasteiger partial charge on any atom is -0.394 e. The van der Waals surface area contributed by atoms with Crippen LogP contribution in [0.2, 0.25) is 0 Å². The van der Waals surface area contributed by atoms with Crippen molar-refractivity contribution in [2.75, 3.05) is 25.6 Å². The first-order valence-electron chi connectivity index (χ1n) is 5.60. The number of aliphatic hydroxyl groups excluding tert-OH is 1. The van der Waals surface area contributed by atoms with Crippen LogP contribution in [-0.4, -0.2) is 31.5 Å². The molecule has 0 radical (unpaired) electrons. The highest BCUT2D eigenvalue weighted by molar-refractivity contribution is 5.45. The predicted molar refractivity (Wildman–Crippen MR) is 66.7 cm³/mol. The topological polar surface area (TPSA) is 41.5 Å². The van der Waals surface area contributed by atoms with Gasteiger partial charge in [0.1, 0.15) is 0 Å². The zero-order valence-electron chi connectivity index (χ0n) is 10.2. The van der Waals surface area contributed by atoms with E-state index in [1.54, 1.807) is 7.11 Å². The number of ether oxygens (including phenoxy) is 1. The second-order valence-corrected chi connectivity index (χ2v) is 4.23. The molecular weight excluding hydrogens is 202 g/mol. The van der Waals surface area contributed by atoms with Crippen LogP contribution in [-0.2, 0) is 4.74 Å². The minimum absolute atomic E-state index is 0.0302. The molecule has 1 rings (SSSR count). The van der Waals surface area contributed by atoms with E-state index in [9.17, 15) is 5.11 Å². The molecule has 2 atom stereocenters. The van der Waals surface area contributed by atoms with Crippen molar-refractivity contribution in [3.8, 4) is 0 Å². The lowest BCUT2D eigenvalue weighted by atomic mass is 10.0. The summed E-state index contributed by atoms with van der Waals surface area (Å²) in [5, 5.41) is 12.6. The molecule has 0 aromatic heterocycles. The Hall–Kier alpha value is -1.06. The van der Waals surface area contributed by atoms with Gasteiger partial charge in [0.2, 0.25) is 0 Å². The quantitative estimate of drug-likeness (QED) is 0.775. The Morgan fingerprint density at radius 2 is 1.94 bits per heavy atom. The van der Waals surface area contributed by atoms with Gasteiger partial charge in [0.15, 0.2) is 0 Å². The van der Waals surface area contributed by atoms with Gasteiger partial charge in [0, 0.05) is 18.7 Å². The number of rotatable bonds is 6. The summed E-state index contributed by atoms with van der Waals surface area (Å²) in [4.78, 5) is 0. The third-order valence-corrected chi connectivity index (χ3v) is 2.72. The van der Waals surface area contributed by atoms with E-state index in [-0.39, 0.29) is 18.6 Å². The SMILES string of the molecule is COCC(C)C(CO)Nc1ccc(C)cc1. The van der Waals surface area contributed by atoms with Crippen LogP contribution in [0.3, 0.4) is 0 Å². The molecule has 0 aliphatic carbocycles. The van der Waals surface area contributed by atoms with E-state index in [2.05, 4.69) is 31.3 Å². The Balaban J connectivity index is 2.59. The van der Waals surface area contributed by atoms with Crippen molar-refractivity contribution in [2.45, 2.75) is 19.9 Å². The van der Waals surface area contributed by atoms with Crippen molar-refractivity contribution in [2.24, 2.45) is 5.92 Å². The second kappa shape index (κ2) is 6.51. The Morgan fingerprint density at radius 1 is 1.31 bits per heavy atom. The highest BCUT2D eigenvalue weighted by Gasteiger charge is 2.15. The zero-order valence-corrected chi connectivity index (χ0v) is 10.2. The van der Waals surface area contributed by atoms with Crippen LogP contribution < -0.4 is 5.32 Å². The van der Waals surface area contributed by atoms with Gasteiger partial charge in [0.25, 0.3) is 0 Å². The molecule has 0 aliphatic heterocycles. The molecule has 0 saturated carbocycles. The fraction of sp³-hybridized carbons (Fsp3) is 0.538. The molecule has 0 heterocycles. The number of anilines is 1. The van der Waals surface area contributed by atoms with E-state index < -0.39 is 0 Å². The Bertz CT molecular complexity index is 297. The average Bonchev–Trinajstić information content (AvgIpc) is 2.28. The standard InChI is InChI=1S/C13H21NO2/c1-10-4-6-12(7-5-10)14-13(8-15)11(2)9-16-3/h4-7,11,13-15H,8-9H2,1-3H3. The van der Waals surface area contributed by atoms with Crippen molar-refractivity contribution >= 4 is 5.69 Å². The van der Waals surface area contributed by atoms with Crippen LogP contribution in [0.25, 0.3) is 0 Å². The van der Waals surface area contributed by atoms with Gasteiger partial charge in [-0.05, 0) is 19.1 Å². The van der Waals surface area contributed by atoms with Crippen LogP contribution in [0.5, 0.6) is 0 Å². The molecule has 0 bridgehead atoms. The van der Waals surface area contributed by atoms with Crippen LogP contribution in [0, 0.1) is 12.8 Å². The minimum atomic E-state index is 0.0302. The van der Waals surface area contributed by atoms with E-state index in [1.165, 1.54) is 5.56 Å². The van der Waals surface area contributed by atoms with Gasteiger partial charge >= 0.3 is 0 Å². The van der Waals surface area contributed by atoms with Gasteiger partial charge in [-0.25, -0.2) is 0 Å². The summed E-state index contributed by atoms with van der Waals surface area (Å²) < 4.78 is 5.09. The lowest BCUT2D eigenvalue weighted by molar-refractivity contribution is 0.132. The summed E-state index contributed by atoms with van der Waals surface area (Å²) in [6, 6.07) is 8.19. The summed E-state index contributed by atoms with van der Waals surface area (Å²) in [6.07, 6.45) is 0.